The molecule has 2 aliphatic rings. The fourth-order valence-corrected chi connectivity index (χ4v) is 3.26. The molecule has 1 aromatic heterocycles. The van der Waals surface area contributed by atoms with Gasteiger partial charge in [-0.25, -0.2) is 0 Å². The summed E-state index contributed by atoms with van der Waals surface area (Å²) < 4.78 is 2.50. The van der Waals surface area contributed by atoms with Gasteiger partial charge in [0.05, 0.1) is 6.10 Å². The van der Waals surface area contributed by atoms with Crippen LogP contribution in [-0.2, 0) is 6.42 Å². The highest BCUT2D eigenvalue weighted by atomic mass is 16.3. The lowest BCUT2D eigenvalue weighted by Gasteiger charge is -2.24. The molecule has 1 fully saturated rings. The van der Waals surface area contributed by atoms with Gasteiger partial charge < -0.3 is 9.67 Å². The number of aryl methyl sites for hydroxylation is 1. The predicted molar refractivity (Wildman–Crippen MR) is 64.5 cm³/mol. The smallest absolute Gasteiger partial charge is 0.0807 e. The zero-order valence-electron chi connectivity index (χ0n) is 10.2. The Kier molecular flexibility index (Phi) is 2.36. The van der Waals surface area contributed by atoms with Crippen LogP contribution < -0.4 is 0 Å². The average Bonchev–Trinajstić information content (AvgIpc) is 3.02. The number of nitrogens with zero attached hydrogens (tertiary/aromatic N) is 1. The first-order chi connectivity index (χ1) is 7.68. The van der Waals surface area contributed by atoms with Crippen LogP contribution >= 0.6 is 0 Å². The molecule has 0 aliphatic heterocycles. The van der Waals surface area contributed by atoms with Gasteiger partial charge in [-0.2, -0.15) is 0 Å². The fourth-order valence-electron chi connectivity index (χ4n) is 3.26. The highest BCUT2D eigenvalue weighted by Gasteiger charge is 2.33. The normalized spacial score (nSPS) is 26.6. The molecule has 1 aromatic rings. The van der Waals surface area contributed by atoms with Gasteiger partial charge in [-0.05, 0) is 57.9 Å². The molecule has 1 N–H and O–H groups in total. The van der Waals surface area contributed by atoms with Crippen LogP contribution in [0.3, 0.4) is 0 Å². The van der Waals surface area contributed by atoms with Gasteiger partial charge in [0.25, 0.3) is 0 Å². The molecule has 1 saturated carbocycles. The SMILES string of the molecule is Cc1cc2c(n1C(C)C1CC1)CCCC2O. The second kappa shape index (κ2) is 3.63. The Labute approximate surface area is 97.3 Å². The minimum absolute atomic E-state index is 0.213. The van der Waals surface area contributed by atoms with E-state index < -0.39 is 0 Å². The summed E-state index contributed by atoms with van der Waals surface area (Å²) in [6.45, 7) is 4.52. The van der Waals surface area contributed by atoms with Crippen molar-refractivity contribution in [1.29, 1.82) is 0 Å². The van der Waals surface area contributed by atoms with Gasteiger partial charge in [0.2, 0.25) is 0 Å². The molecular formula is C14H21NO. The zero-order chi connectivity index (χ0) is 11.3. The summed E-state index contributed by atoms with van der Waals surface area (Å²) in [6, 6.07) is 2.84. The molecule has 2 aliphatic carbocycles. The lowest BCUT2D eigenvalue weighted by Crippen LogP contribution is -2.16. The first-order valence-electron chi connectivity index (χ1n) is 6.57. The van der Waals surface area contributed by atoms with Crippen molar-refractivity contribution in [2.45, 2.75) is 58.1 Å². The molecule has 0 spiro atoms. The maximum Gasteiger partial charge on any atom is 0.0807 e. The van der Waals surface area contributed by atoms with Crippen LogP contribution in [0.4, 0.5) is 0 Å². The van der Waals surface area contributed by atoms with E-state index in [1.54, 1.807) is 0 Å². The number of aromatic nitrogens is 1. The fraction of sp³-hybridized carbons (Fsp3) is 0.714. The third kappa shape index (κ3) is 1.51. The Hall–Kier alpha value is -0.760. The number of hydrogen-bond donors (Lipinski definition) is 1. The molecule has 1 heterocycles. The standard InChI is InChI=1S/C14H21NO/c1-9-8-12-13(4-3-5-14(12)16)15(9)10(2)11-6-7-11/h8,10-11,14,16H,3-7H2,1-2H3. The van der Waals surface area contributed by atoms with Crippen LogP contribution in [0, 0.1) is 12.8 Å². The topological polar surface area (TPSA) is 25.2 Å². The van der Waals surface area contributed by atoms with Crippen molar-refractivity contribution in [1.82, 2.24) is 4.57 Å². The maximum absolute atomic E-state index is 10.0. The summed E-state index contributed by atoms with van der Waals surface area (Å²) in [7, 11) is 0. The molecule has 2 unspecified atom stereocenters. The van der Waals surface area contributed by atoms with E-state index in [-0.39, 0.29) is 6.10 Å². The van der Waals surface area contributed by atoms with Crippen LogP contribution in [0.15, 0.2) is 6.07 Å². The molecule has 3 rings (SSSR count). The van der Waals surface area contributed by atoms with E-state index in [1.165, 1.54) is 29.8 Å². The van der Waals surface area contributed by atoms with E-state index in [0.717, 1.165) is 25.2 Å². The number of hydrogen-bond acceptors (Lipinski definition) is 1. The third-order valence-electron chi connectivity index (χ3n) is 4.33. The Morgan fingerprint density at radius 1 is 1.38 bits per heavy atom. The van der Waals surface area contributed by atoms with Crippen LogP contribution in [-0.4, -0.2) is 9.67 Å². The molecular weight excluding hydrogens is 198 g/mol. The molecule has 0 amide bonds. The van der Waals surface area contributed by atoms with Crippen molar-refractivity contribution in [2.75, 3.05) is 0 Å². The maximum atomic E-state index is 10.0. The predicted octanol–water partition coefficient (Wildman–Crippen LogP) is 3.14. The Balaban J connectivity index is 2.03. The average molecular weight is 219 g/mol. The van der Waals surface area contributed by atoms with E-state index in [4.69, 9.17) is 0 Å². The number of aliphatic hydroxyl groups excluding tert-OH is 1. The van der Waals surface area contributed by atoms with Crippen molar-refractivity contribution in [2.24, 2.45) is 5.92 Å². The molecule has 0 bridgehead atoms. The molecule has 2 heteroatoms. The minimum Gasteiger partial charge on any atom is -0.388 e. The van der Waals surface area contributed by atoms with Crippen molar-refractivity contribution in [3.63, 3.8) is 0 Å². The number of aliphatic hydroxyl groups is 1. The third-order valence-corrected chi connectivity index (χ3v) is 4.33. The van der Waals surface area contributed by atoms with E-state index in [0.29, 0.717) is 6.04 Å². The van der Waals surface area contributed by atoms with E-state index >= 15 is 0 Å². The second-order valence-electron chi connectivity index (χ2n) is 5.54. The molecule has 2 atom stereocenters. The van der Waals surface area contributed by atoms with Crippen molar-refractivity contribution < 1.29 is 5.11 Å². The summed E-state index contributed by atoms with van der Waals surface area (Å²) in [4.78, 5) is 0. The summed E-state index contributed by atoms with van der Waals surface area (Å²) in [6.07, 6.45) is 5.78. The molecule has 88 valence electrons. The molecule has 0 radical (unpaired) electrons. The molecule has 0 aromatic carbocycles. The summed E-state index contributed by atoms with van der Waals surface area (Å²) in [5, 5.41) is 10.0. The number of fused-ring (bicyclic) bond motifs is 1. The Bertz CT molecular complexity index is 403. The van der Waals surface area contributed by atoms with Gasteiger partial charge in [-0.1, -0.05) is 0 Å². The minimum atomic E-state index is -0.213. The van der Waals surface area contributed by atoms with Crippen molar-refractivity contribution in [3.8, 4) is 0 Å². The van der Waals surface area contributed by atoms with Crippen LogP contribution in [0.1, 0.15) is 61.7 Å². The van der Waals surface area contributed by atoms with Gasteiger partial charge in [0.15, 0.2) is 0 Å². The van der Waals surface area contributed by atoms with Crippen LogP contribution in [0.5, 0.6) is 0 Å². The number of rotatable bonds is 2. The molecule has 16 heavy (non-hydrogen) atoms. The van der Waals surface area contributed by atoms with Crippen molar-refractivity contribution in [3.05, 3.63) is 23.0 Å². The van der Waals surface area contributed by atoms with Crippen molar-refractivity contribution >= 4 is 0 Å². The van der Waals surface area contributed by atoms with Crippen LogP contribution in [0.25, 0.3) is 0 Å². The first-order valence-corrected chi connectivity index (χ1v) is 6.57. The molecule has 0 saturated heterocycles. The van der Waals surface area contributed by atoms with E-state index in [1.807, 2.05) is 0 Å². The summed E-state index contributed by atoms with van der Waals surface area (Å²) in [5.41, 5.74) is 3.96. The Morgan fingerprint density at radius 2 is 2.12 bits per heavy atom. The van der Waals surface area contributed by atoms with Gasteiger partial charge in [-0.15, -0.1) is 0 Å². The van der Waals surface area contributed by atoms with Crippen LogP contribution in [0.2, 0.25) is 0 Å². The van der Waals surface area contributed by atoms with E-state index in [2.05, 4.69) is 24.5 Å². The first kappa shape index (κ1) is 10.4. The highest BCUT2D eigenvalue weighted by Crippen LogP contribution is 2.43. The van der Waals surface area contributed by atoms with Gasteiger partial charge >= 0.3 is 0 Å². The highest BCUT2D eigenvalue weighted by molar-refractivity contribution is 5.32. The summed E-state index contributed by atoms with van der Waals surface area (Å²) in [5.74, 6) is 0.884. The van der Waals surface area contributed by atoms with Gasteiger partial charge in [0.1, 0.15) is 0 Å². The zero-order valence-corrected chi connectivity index (χ0v) is 10.2. The monoisotopic (exact) mass is 219 g/mol. The molecule has 2 nitrogen and oxygen atoms in total. The second-order valence-corrected chi connectivity index (χ2v) is 5.54. The Morgan fingerprint density at radius 3 is 2.81 bits per heavy atom. The van der Waals surface area contributed by atoms with Gasteiger partial charge in [-0.3, -0.25) is 0 Å². The largest absolute Gasteiger partial charge is 0.388 e. The lowest BCUT2D eigenvalue weighted by atomic mass is 9.95. The quantitative estimate of drug-likeness (QED) is 0.812. The lowest BCUT2D eigenvalue weighted by molar-refractivity contribution is 0.155. The summed E-state index contributed by atoms with van der Waals surface area (Å²) >= 11 is 0. The van der Waals surface area contributed by atoms with Gasteiger partial charge in [0, 0.05) is 23.0 Å². The van der Waals surface area contributed by atoms with E-state index in [9.17, 15) is 5.11 Å².